The lowest BCUT2D eigenvalue weighted by atomic mass is 10.0. The van der Waals surface area contributed by atoms with Gasteiger partial charge in [-0.2, -0.15) is 0 Å². The molecular formula is C14H19FN2O2. The molecule has 1 aliphatic rings. The van der Waals surface area contributed by atoms with Crippen LogP contribution in [0.25, 0.3) is 0 Å². The molecule has 0 bridgehead atoms. The number of carboxylic acid groups (broad SMARTS) is 1. The van der Waals surface area contributed by atoms with Crippen molar-refractivity contribution in [2.75, 3.05) is 32.1 Å². The topological polar surface area (TPSA) is 43.8 Å². The molecule has 1 aromatic carbocycles. The number of aromatic carboxylic acids is 1. The van der Waals surface area contributed by atoms with Gasteiger partial charge in [0.05, 0.1) is 11.3 Å². The highest BCUT2D eigenvalue weighted by atomic mass is 19.1. The summed E-state index contributed by atoms with van der Waals surface area (Å²) in [7, 11) is 4.05. The van der Waals surface area contributed by atoms with E-state index < -0.39 is 11.8 Å². The van der Waals surface area contributed by atoms with E-state index in [9.17, 15) is 9.18 Å². The minimum atomic E-state index is -1.10. The third-order valence-corrected chi connectivity index (χ3v) is 3.66. The maximum atomic E-state index is 14.0. The molecule has 4 nitrogen and oxygen atoms in total. The van der Waals surface area contributed by atoms with Crippen LogP contribution in [0.2, 0.25) is 0 Å². The minimum Gasteiger partial charge on any atom is -0.478 e. The molecule has 5 heteroatoms. The van der Waals surface area contributed by atoms with Crippen LogP contribution < -0.4 is 4.90 Å². The molecule has 0 saturated carbocycles. The van der Waals surface area contributed by atoms with Gasteiger partial charge in [0.25, 0.3) is 0 Å². The number of benzene rings is 1. The van der Waals surface area contributed by atoms with E-state index in [1.54, 1.807) is 6.07 Å². The number of carboxylic acids is 1. The Morgan fingerprint density at radius 1 is 1.47 bits per heavy atom. The average molecular weight is 266 g/mol. The van der Waals surface area contributed by atoms with Gasteiger partial charge in [-0.05, 0) is 45.1 Å². The van der Waals surface area contributed by atoms with Gasteiger partial charge >= 0.3 is 5.97 Å². The highest BCUT2D eigenvalue weighted by molar-refractivity contribution is 5.88. The van der Waals surface area contributed by atoms with E-state index in [-0.39, 0.29) is 5.56 Å². The number of rotatable bonds is 3. The van der Waals surface area contributed by atoms with Gasteiger partial charge in [-0.25, -0.2) is 9.18 Å². The maximum Gasteiger partial charge on any atom is 0.335 e. The summed E-state index contributed by atoms with van der Waals surface area (Å²) in [5.74, 6) is -1.56. The molecule has 0 aliphatic carbocycles. The quantitative estimate of drug-likeness (QED) is 0.909. The third kappa shape index (κ3) is 3.04. The van der Waals surface area contributed by atoms with Gasteiger partial charge in [-0.3, -0.25) is 0 Å². The van der Waals surface area contributed by atoms with Gasteiger partial charge in [-0.15, -0.1) is 0 Å². The molecule has 2 rings (SSSR count). The zero-order chi connectivity index (χ0) is 14.0. The Morgan fingerprint density at radius 2 is 2.21 bits per heavy atom. The number of halogens is 1. The summed E-state index contributed by atoms with van der Waals surface area (Å²) in [6.45, 7) is 1.59. The highest BCUT2D eigenvalue weighted by Gasteiger charge is 2.23. The molecule has 0 radical (unpaired) electrons. The monoisotopic (exact) mass is 266 g/mol. The first kappa shape index (κ1) is 13.8. The van der Waals surface area contributed by atoms with Crippen LogP contribution in [0.1, 0.15) is 23.2 Å². The van der Waals surface area contributed by atoms with Crippen LogP contribution in [0.5, 0.6) is 0 Å². The molecule has 0 aromatic heterocycles. The lowest BCUT2D eigenvalue weighted by Gasteiger charge is -2.37. The van der Waals surface area contributed by atoms with Gasteiger partial charge in [0.2, 0.25) is 0 Å². The number of anilines is 1. The smallest absolute Gasteiger partial charge is 0.335 e. The molecule has 0 amide bonds. The Balaban J connectivity index is 2.19. The molecule has 19 heavy (non-hydrogen) atoms. The van der Waals surface area contributed by atoms with Crippen molar-refractivity contribution < 1.29 is 14.3 Å². The van der Waals surface area contributed by atoms with Crippen LogP contribution in [0.4, 0.5) is 10.1 Å². The number of hydrogen-bond donors (Lipinski definition) is 1. The molecule has 1 aliphatic heterocycles. The molecule has 0 spiro atoms. The van der Waals surface area contributed by atoms with Crippen LogP contribution in [-0.4, -0.2) is 49.2 Å². The first-order valence-corrected chi connectivity index (χ1v) is 6.43. The standard InChI is InChI=1S/C14H19FN2O2/c1-16(2)11-4-3-7-17(9-11)13-6-5-10(14(18)19)8-12(13)15/h5-6,8,11H,3-4,7,9H2,1-2H3,(H,18,19). The predicted molar refractivity (Wildman–Crippen MR) is 72.3 cm³/mol. The van der Waals surface area contributed by atoms with Gasteiger partial charge in [-0.1, -0.05) is 0 Å². The summed E-state index contributed by atoms with van der Waals surface area (Å²) in [6.07, 6.45) is 2.13. The van der Waals surface area contributed by atoms with Crippen LogP contribution in [0.15, 0.2) is 18.2 Å². The summed E-state index contributed by atoms with van der Waals surface area (Å²) < 4.78 is 14.0. The molecule has 1 fully saturated rings. The Labute approximate surface area is 112 Å². The van der Waals surface area contributed by atoms with Crippen molar-refractivity contribution in [2.45, 2.75) is 18.9 Å². The normalized spacial score (nSPS) is 19.8. The fraction of sp³-hybridized carbons (Fsp3) is 0.500. The van der Waals surface area contributed by atoms with Crippen molar-refractivity contribution >= 4 is 11.7 Å². The summed E-state index contributed by atoms with van der Waals surface area (Å²) in [5, 5.41) is 8.84. The van der Waals surface area contributed by atoms with Crippen LogP contribution in [0, 0.1) is 5.82 Å². The number of nitrogens with zero attached hydrogens (tertiary/aromatic N) is 2. The number of piperidine rings is 1. The largest absolute Gasteiger partial charge is 0.478 e. The zero-order valence-corrected chi connectivity index (χ0v) is 11.3. The van der Waals surface area contributed by atoms with Gasteiger partial charge in [0, 0.05) is 19.1 Å². The van der Waals surface area contributed by atoms with E-state index in [4.69, 9.17) is 5.11 Å². The van der Waals surface area contributed by atoms with E-state index in [0.29, 0.717) is 11.7 Å². The summed E-state index contributed by atoms with van der Waals surface area (Å²) in [5.41, 5.74) is 0.485. The summed E-state index contributed by atoms with van der Waals surface area (Å²) >= 11 is 0. The third-order valence-electron chi connectivity index (χ3n) is 3.66. The van der Waals surface area contributed by atoms with Crippen molar-refractivity contribution in [1.29, 1.82) is 0 Å². The molecule has 1 N–H and O–H groups in total. The van der Waals surface area contributed by atoms with E-state index in [1.807, 2.05) is 19.0 Å². The predicted octanol–water partition coefficient (Wildman–Crippen LogP) is 2.05. The fourth-order valence-corrected chi connectivity index (χ4v) is 2.49. The second kappa shape index (κ2) is 5.57. The SMILES string of the molecule is CN(C)C1CCCN(c2ccc(C(=O)O)cc2F)C1. The molecule has 1 atom stereocenters. The van der Waals surface area contributed by atoms with Gasteiger partial charge in [0.15, 0.2) is 0 Å². The van der Waals surface area contributed by atoms with Crippen molar-refractivity contribution in [3.05, 3.63) is 29.6 Å². The van der Waals surface area contributed by atoms with Gasteiger partial charge < -0.3 is 14.9 Å². The maximum absolute atomic E-state index is 14.0. The Kier molecular flexibility index (Phi) is 4.04. The second-order valence-electron chi connectivity index (χ2n) is 5.18. The average Bonchev–Trinajstić information content (AvgIpc) is 2.38. The first-order valence-electron chi connectivity index (χ1n) is 6.43. The molecule has 1 unspecified atom stereocenters. The van der Waals surface area contributed by atoms with Crippen molar-refractivity contribution in [3.63, 3.8) is 0 Å². The second-order valence-corrected chi connectivity index (χ2v) is 5.18. The Bertz CT molecular complexity index is 477. The van der Waals surface area contributed by atoms with Crippen LogP contribution >= 0.6 is 0 Å². The van der Waals surface area contributed by atoms with E-state index >= 15 is 0 Å². The van der Waals surface area contributed by atoms with Gasteiger partial charge in [0.1, 0.15) is 5.82 Å². The molecule has 1 heterocycles. The number of hydrogen-bond acceptors (Lipinski definition) is 3. The zero-order valence-electron chi connectivity index (χ0n) is 11.3. The fourth-order valence-electron chi connectivity index (χ4n) is 2.49. The Hall–Kier alpha value is -1.62. The van der Waals surface area contributed by atoms with E-state index in [1.165, 1.54) is 6.07 Å². The lowest BCUT2D eigenvalue weighted by Crippen LogP contribution is -2.45. The molecular weight excluding hydrogens is 247 g/mol. The summed E-state index contributed by atoms with van der Waals surface area (Å²) in [6, 6.07) is 4.53. The highest BCUT2D eigenvalue weighted by Crippen LogP contribution is 2.25. The minimum absolute atomic E-state index is 0.0116. The van der Waals surface area contributed by atoms with Crippen LogP contribution in [0.3, 0.4) is 0 Å². The van der Waals surface area contributed by atoms with Crippen molar-refractivity contribution in [3.8, 4) is 0 Å². The first-order chi connectivity index (χ1) is 8.99. The lowest BCUT2D eigenvalue weighted by molar-refractivity contribution is 0.0696. The Morgan fingerprint density at radius 3 is 2.79 bits per heavy atom. The molecule has 104 valence electrons. The van der Waals surface area contributed by atoms with Crippen molar-refractivity contribution in [1.82, 2.24) is 4.90 Å². The van der Waals surface area contributed by atoms with E-state index in [0.717, 1.165) is 32.0 Å². The van der Waals surface area contributed by atoms with E-state index in [2.05, 4.69) is 4.90 Å². The summed E-state index contributed by atoms with van der Waals surface area (Å²) in [4.78, 5) is 14.9. The van der Waals surface area contributed by atoms with Crippen molar-refractivity contribution in [2.24, 2.45) is 0 Å². The van der Waals surface area contributed by atoms with Crippen LogP contribution in [-0.2, 0) is 0 Å². The molecule has 1 saturated heterocycles. The number of carbonyl (C=O) groups is 1. The number of likely N-dealkylation sites (N-methyl/N-ethyl adjacent to an activating group) is 1. The molecule has 1 aromatic rings.